The number of hydrogen-bond acceptors (Lipinski definition) is 5. The summed E-state index contributed by atoms with van der Waals surface area (Å²) in [6.07, 6.45) is 4.54. The van der Waals surface area contributed by atoms with E-state index in [4.69, 9.17) is 0 Å². The molecule has 7 heteroatoms. The monoisotopic (exact) mass is 318 g/mol. The molecule has 2 aromatic heterocycles. The maximum Gasteiger partial charge on any atom is 0.272 e. The molecule has 1 amide bonds. The van der Waals surface area contributed by atoms with Crippen molar-refractivity contribution in [3.63, 3.8) is 0 Å². The van der Waals surface area contributed by atoms with Crippen molar-refractivity contribution in [3.05, 3.63) is 43.8 Å². The fraction of sp³-hybridized carbons (Fsp3) is 0.467. The van der Waals surface area contributed by atoms with Crippen LogP contribution in [0.2, 0.25) is 0 Å². The molecule has 1 aliphatic rings. The Morgan fingerprint density at radius 1 is 1.36 bits per heavy atom. The Kier molecular flexibility index (Phi) is 4.06. The highest BCUT2D eigenvalue weighted by Crippen LogP contribution is 2.29. The summed E-state index contributed by atoms with van der Waals surface area (Å²) in [5, 5.41) is 7.79. The van der Waals surface area contributed by atoms with Crippen LogP contribution in [0.15, 0.2) is 16.9 Å². The lowest BCUT2D eigenvalue weighted by Gasteiger charge is -2.11. The Balaban J connectivity index is 1.74. The molecule has 0 fully saturated rings. The van der Waals surface area contributed by atoms with Crippen LogP contribution in [0.25, 0.3) is 0 Å². The van der Waals surface area contributed by atoms with Crippen molar-refractivity contribution >= 4 is 17.2 Å². The number of rotatable bonds is 3. The minimum Gasteiger partial charge on any atom is -0.342 e. The summed E-state index contributed by atoms with van der Waals surface area (Å²) >= 11 is 1.68. The van der Waals surface area contributed by atoms with Crippen LogP contribution >= 0.6 is 11.3 Å². The van der Waals surface area contributed by atoms with E-state index < -0.39 is 0 Å². The van der Waals surface area contributed by atoms with E-state index in [1.165, 1.54) is 42.6 Å². The quantitative estimate of drug-likeness (QED) is 0.932. The summed E-state index contributed by atoms with van der Waals surface area (Å²) in [4.78, 5) is 29.5. The number of thiazole rings is 1. The summed E-state index contributed by atoms with van der Waals surface area (Å²) in [5.74, 6) is -0.295. The molecule has 116 valence electrons. The van der Waals surface area contributed by atoms with E-state index in [1.807, 2.05) is 6.92 Å². The molecule has 1 aliphatic carbocycles. The van der Waals surface area contributed by atoms with E-state index >= 15 is 0 Å². The number of nitrogens with zero attached hydrogens (tertiary/aromatic N) is 3. The summed E-state index contributed by atoms with van der Waals surface area (Å²) < 4.78 is 1.15. The number of aromatic nitrogens is 3. The van der Waals surface area contributed by atoms with Gasteiger partial charge in [0.2, 0.25) is 0 Å². The third-order valence-corrected chi connectivity index (χ3v) is 5.11. The van der Waals surface area contributed by atoms with Crippen molar-refractivity contribution in [2.45, 2.75) is 38.6 Å². The zero-order valence-corrected chi connectivity index (χ0v) is 13.4. The lowest BCUT2D eigenvalue weighted by atomic mass is 10.0. The third kappa shape index (κ3) is 2.94. The topological polar surface area (TPSA) is 76.9 Å². The molecule has 2 aromatic rings. The number of hydrogen-bond donors (Lipinski definition) is 1. The second kappa shape index (κ2) is 6.00. The molecule has 0 aromatic carbocycles. The summed E-state index contributed by atoms with van der Waals surface area (Å²) in [7, 11) is 1.53. The number of fused-ring (bicyclic) bond motifs is 1. The normalized spacial score (nSPS) is 15.2. The maximum absolute atomic E-state index is 12.2. The van der Waals surface area contributed by atoms with Gasteiger partial charge in [0.15, 0.2) is 0 Å². The van der Waals surface area contributed by atoms with Gasteiger partial charge in [0.05, 0.1) is 11.7 Å². The second-order valence-electron chi connectivity index (χ2n) is 5.50. The molecule has 3 rings (SSSR count). The molecule has 0 unspecified atom stereocenters. The summed E-state index contributed by atoms with van der Waals surface area (Å²) in [6, 6.07) is 2.62. The first-order valence-electron chi connectivity index (χ1n) is 7.38. The Labute approximate surface area is 132 Å². The number of carbonyl (C=O) groups is 1. The highest BCUT2D eigenvalue weighted by atomic mass is 32.1. The zero-order valence-electron chi connectivity index (χ0n) is 12.6. The van der Waals surface area contributed by atoms with Gasteiger partial charge in [-0.05, 0) is 38.7 Å². The Morgan fingerprint density at radius 2 is 2.14 bits per heavy atom. The van der Waals surface area contributed by atoms with Crippen LogP contribution in [0.1, 0.15) is 51.9 Å². The van der Waals surface area contributed by atoms with E-state index in [0.717, 1.165) is 22.5 Å². The van der Waals surface area contributed by atoms with Gasteiger partial charge in [0.1, 0.15) is 10.7 Å². The lowest BCUT2D eigenvalue weighted by Crippen LogP contribution is -2.30. The van der Waals surface area contributed by atoms with Crippen molar-refractivity contribution in [3.8, 4) is 0 Å². The average Bonchev–Trinajstić information content (AvgIpc) is 2.94. The predicted molar refractivity (Wildman–Crippen MR) is 84.1 cm³/mol. The van der Waals surface area contributed by atoms with Crippen LogP contribution < -0.4 is 10.9 Å². The van der Waals surface area contributed by atoms with Gasteiger partial charge in [0, 0.05) is 18.0 Å². The molecule has 0 saturated carbocycles. The molecule has 0 radical (unpaired) electrons. The van der Waals surface area contributed by atoms with Crippen molar-refractivity contribution in [2.75, 3.05) is 0 Å². The minimum absolute atomic E-state index is 0.165. The first-order chi connectivity index (χ1) is 10.5. The van der Waals surface area contributed by atoms with E-state index in [1.54, 1.807) is 11.3 Å². The fourth-order valence-corrected chi connectivity index (χ4v) is 3.67. The lowest BCUT2D eigenvalue weighted by molar-refractivity contribution is 0.0932. The van der Waals surface area contributed by atoms with E-state index in [9.17, 15) is 9.59 Å². The number of amides is 1. The number of nitrogens with one attached hydrogen (secondary N) is 1. The van der Waals surface area contributed by atoms with Crippen LogP contribution in [-0.2, 0) is 19.9 Å². The summed E-state index contributed by atoms with van der Waals surface area (Å²) in [5.41, 5.74) is 1.18. The highest BCUT2D eigenvalue weighted by Gasteiger charge is 2.20. The van der Waals surface area contributed by atoms with Crippen LogP contribution in [-0.4, -0.2) is 20.7 Å². The molecule has 0 aliphatic heterocycles. The van der Waals surface area contributed by atoms with Gasteiger partial charge in [-0.2, -0.15) is 5.10 Å². The number of aryl methyl sites for hydroxylation is 3. The Hall–Kier alpha value is -2.02. The van der Waals surface area contributed by atoms with Gasteiger partial charge >= 0.3 is 0 Å². The maximum atomic E-state index is 12.2. The molecule has 0 spiro atoms. The SMILES string of the molecule is C[C@@H](NC(=O)c1ccc(=O)n(C)n1)c1nc2c(s1)CCCC2. The van der Waals surface area contributed by atoms with Gasteiger partial charge in [0.25, 0.3) is 11.5 Å². The molecular weight excluding hydrogens is 300 g/mol. The van der Waals surface area contributed by atoms with E-state index in [-0.39, 0.29) is 23.2 Å². The number of carbonyl (C=O) groups excluding carboxylic acids is 1. The first-order valence-corrected chi connectivity index (χ1v) is 8.20. The van der Waals surface area contributed by atoms with Crippen molar-refractivity contribution < 1.29 is 4.79 Å². The molecule has 22 heavy (non-hydrogen) atoms. The third-order valence-electron chi connectivity index (χ3n) is 3.77. The molecule has 6 nitrogen and oxygen atoms in total. The predicted octanol–water partition coefficient (Wildman–Crippen LogP) is 1.61. The standard InChI is InChI=1S/C15H18N4O2S/c1-9(15-17-10-5-3-4-6-12(10)22-15)16-14(21)11-7-8-13(20)19(2)18-11/h7-9H,3-6H2,1-2H3,(H,16,21)/t9-/m1/s1. The first kappa shape index (κ1) is 14.9. The van der Waals surface area contributed by atoms with Gasteiger partial charge in [-0.1, -0.05) is 0 Å². The van der Waals surface area contributed by atoms with Crippen molar-refractivity contribution in [2.24, 2.45) is 7.05 Å². The van der Waals surface area contributed by atoms with Crippen LogP contribution in [0, 0.1) is 0 Å². The molecule has 1 atom stereocenters. The zero-order chi connectivity index (χ0) is 15.7. The Bertz CT molecular complexity index is 742. The fourth-order valence-electron chi connectivity index (χ4n) is 2.51. The van der Waals surface area contributed by atoms with Gasteiger partial charge in [-0.15, -0.1) is 11.3 Å². The molecule has 0 saturated heterocycles. The molecule has 2 heterocycles. The van der Waals surface area contributed by atoms with Gasteiger partial charge < -0.3 is 5.32 Å². The van der Waals surface area contributed by atoms with Crippen LogP contribution in [0.4, 0.5) is 0 Å². The van der Waals surface area contributed by atoms with Gasteiger partial charge in [-0.3, -0.25) is 9.59 Å². The van der Waals surface area contributed by atoms with Crippen molar-refractivity contribution in [1.82, 2.24) is 20.1 Å². The average molecular weight is 318 g/mol. The largest absolute Gasteiger partial charge is 0.342 e. The van der Waals surface area contributed by atoms with Crippen LogP contribution in [0.5, 0.6) is 0 Å². The van der Waals surface area contributed by atoms with Crippen molar-refractivity contribution in [1.29, 1.82) is 0 Å². The van der Waals surface area contributed by atoms with Gasteiger partial charge in [-0.25, -0.2) is 9.67 Å². The van der Waals surface area contributed by atoms with E-state index in [0.29, 0.717) is 0 Å². The minimum atomic E-state index is -0.295. The molecule has 0 bridgehead atoms. The highest BCUT2D eigenvalue weighted by molar-refractivity contribution is 7.11. The Morgan fingerprint density at radius 3 is 2.86 bits per heavy atom. The smallest absolute Gasteiger partial charge is 0.272 e. The molecular formula is C15H18N4O2S. The second-order valence-corrected chi connectivity index (χ2v) is 6.62. The molecule has 1 N–H and O–H groups in total. The van der Waals surface area contributed by atoms with Crippen LogP contribution in [0.3, 0.4) is 0 Å². The van der Waals surface area contributed by atoms with E-state index in [2.05, 4.69) is 15.4 Å². The summed E-state index contributed by atoms with van der Waals surface area (Å²) in [6.45, 7) is 1.92.